The topological polar surface area (TPSA) is 131 Å². The lowest BCUT2D eigenvalue weighted by Crippen LogP contribution is -2.54. The van der Waals surface area contributed by atoms with Gasteiger partial charge in [-0.1, -0.05) is 0 Å². The molecule has 4 N–H and O–H groups in total. The average molecular weight is 391 g/mol. The van der Waals surface area contributed by atoms with Crippen molar-refractivity contribution < 1.29 is 23.9 Å². The highest BCUT2D eigenvalue weighted by atomic mass is 35.5. The molecule has 0 radical (unpaired) electrons. The molecule has 1 aliphatic rings. The molecule has 0 aromatic carbocycles. The van der Waals surface area contributed by atoms with E-state index in [0.717, 1.165) is 0 Å². The molecule has 26 heavy (non-hydrogen) atoms. The second-order valence-electron chi connectivity index (χ2n) is 7.06. The Morgan fingerprint density at radius 2 is 1.96 bits per heavy atom. The predicted octanol–water partition coefficient (Wildman–Crippen LogP) is 0.101. The summed E-state index contributed by atoms with van der Waals surface area (Å²) in [7, 11) is 0. The monoisotopic (exact) mass is 390 g/mol. The highest BCUT2D eigenvalue weighted by molar-refractivity contribution is 6.27. The van der Waals surface area contributed by atoms with Crippen molar-refractivity contribution in [3.63, 3.8) is 0 Å². The molecule has 1 fully saturated rings. The van der Waals surface area contributed by atoms with Gasteiger partial charge in [0.05, 0.1) is 0 Å². The number of amides is 4. The van der Waals surface area contributed by atoms with Gasteiger partial charge in [0, 0.05) is 13.1 Å². The first kappa shape index (κ1) is 22.0. The summed E-state index contributed by atoms with van der Waals surface area (Å²) in [6.07, 6.45) is 0.516. The van der Waals surface area contributed by atoms with Crippen molar-refractivity contribution in [3.05, 3.63) is 0 Å². The summed E-state index contributed by atoms with van der Waals surface area (Å²) >= 11 is 5.42. The molecule has 4 amide bonds. The quantitative estimate of drug-likeness (QED) is 0.530. The van der Waals surface area contributed by atoms with Gasteiger partial charge in [0.15, 0.2) is 0 Å². The van der Waals surface area contributed by atoms with Crippen LogP contribution in [0.4, 0.5) is 4.79 Å². The lowest BCUT2D eigenvalue weighted by molar-refractivity contribution is -0.139. The fourth-order valence-corrected chi connectivity index (χ4v) is 2.73. The maximum absolute atomic E-state index is 12.8. The summed E-state index contributed by atoms with van der Waals surface area (Å²) in [6.45, 7) is 5.62. The predicted molar refractivity (Wildman–Crippen MR) is 95.4 cm³/mol. The van der Waals surface area contributed by atoms with E-state index in [0.29, 0.717) is 19.4 Å². The molecule has 0 saturated carbocycles. The first-order valence-electron chi connectivity index (χ1n) is 8.47. The van der Waals surface area contributed by atoms with E-state index in [1.165, 1.54) is 4.90 Å². The molecule has 0 aromatic rings. The van der Waals surface area contributed by atoms with Crippen molar-refractivity contribution in [2.75, 3.05) is 19.0 Å². The van der Waals surface area contributed by atoms with E-state index in [1.807, 2.05) is 0 Å². The Hall–Kier alpha value is -2.03. The lowest BCUT2D eigenvalue weighted by Gasteiger charge is -2.28. The maximum Gasteiger partial charge on any atom is 0.408 e. The third-order valence-corrected chi connectivity index (χ3v) is 3.97. The van der Waals surface area contributed by atoms with Gasteiger partial charge in [0.1, 0.15) is 23.6 Å². The molecule has 1 heterocycles. The Balaban J connectivity index is 2.81. The van der Waals surface area contributed by atoms with Crippen molar-refractivity contribution in [1.82, 2.24) is 15.5 Å². The SMILES string of the molecule is CC(C)(C)OC(=O)NC(CCNC(=O)CCl)C(=O)N1CCCC1C(N)=O. The number of ether oxygens (including phenoxy) is 1. The molecule has 148 valence electrons. The van der Waals surface area contributed by atoms with Crippen molar-refractivity contribution in [3.8, 4) is 0 Å². The van der Waals surface area contributed by atoms with Crippen molar-refractivity contribution in [2.24, 2.45) is 5.73 Å². The zero-order valence-corrected chi connectivity index (χ0v) is 16.1. The molecule has 0 aromatic heterocycles. The number of alkyl halides is 1. The minimum absolute atomic E-state index is 0.128. The Morgan fingerprint density at radius 3 is 2.50 bits per heavy atom. The molecular formula is C16H27ClN4O5. The maximum atomic E-state index is 12.8. The molecule has 0 aliphatic carbocycles. The number of carbonyl (C=O) groups excluding carboxylic acids is 4. The number of primary amides is 1. The van der Waals surface area contributed by atoms with Gasteiger partial charge in [-0.2, -0.15) is 0 Å². The Morgan fingerprint density at radius 1 is 1.31 bits per heavy atom. The van der Waals surface area contributed by atoms with Crippen LogP contribution in [0.15, 0.2) is 0 Å². The van der Waals surface area contributed by atoms with E-state index < -0.39 is 35.6 Å². The van der Waals surface area contributed by atoms with E-state index >= 15 is 0 Å². The highest BCUT2D eigenvalue weighted by Gasteiger charge is 2.37. The summed E-state index contributed by atoms with van der Waals surface area (Å²) in [5.74, 6) is -1.60. The number of hydrogen-bond donors (Lipinski definition) is 3. The van der Waals surface area contributed by atoms with Crippen molar-refractivity contribution >= 4 is 35.4 Å². The number of carbonyl (C=O) groups is 4. The van der Waals surface area contributed by atoms with E-state index in [4.69, 9.17) is 22.1 Å². The Kier molecular flexibility index (Phi) is 8.13. The Labute approximate surface area is 157 Å². The van der Waals surface area contributed by atoms with E-state index in [-0.39, 0.29) is 24.8 Å². The lowest BCUT2D eigenvalue weighted by atomic mass is 10.1. The molecule has 9 nitrogen and oxygen atoms in total. The smallest absolute Gasteiger partial charge is 0.408 e. The minimum atomic E-state index is -0.958. The third kappa shape index (κ3) is 7.07. The van der Waals surface area contributed by atoms with E-state index in [9.17, 15) is 19.2 Å². The van der Waals surface area contributed by atoms with Gasteiger partial charge < -0.3 is 26.0 Å². The molecule has 1 aliphatic heterocycles. The summed E-state index contributed by atoms with van der Waals surface area (Å²) in [4.78, 5) is 49.0. The van der Waals surface area contributed by atoms with Crippen LogP contribution in [0.1, 0.15) is 40.0 Å². The first-order valence-corrected chi connectivity index (χ1v) is 9.00. The second-order valence-corrected chi connectivity index (χ2v) is 7.33. The van der Waals surface area contributed by atoms with Gasteiger partial charge in [-0.3, -0.25) is 14.4 Å². The van der Waals surface area contributed by atoms with E-state index in [1.54, 1.807) is 20.8 Å². The highest BCUT2D eigenvalue weighted by Crippen LogP contribution is 2.19. The van der Waals surface area contributed by atoms with Gasteiger partial charge in [-0.15, -0.1) is 11.6 Å². The normalized spacial score (nSPS) is 18.2. The molecule has 1 saturated heterocycles. The number of halogens is 1. The molecule has 10 heteroatoms. The summed E-state index contributed by atoms with van der Waals surface area (Å²) in [5, 5.41) is 5.05. The Bertz CT molecular complexity index is 549. The van der Waals surface area contributed by atoms with Crippen LogP contribution in [0.25, 0.3) is 0 Å². The summed E-state index contributed by atoms with van der Waals surface area (Å²) in [5.41, 5.74) is 4.62. The fraction of sp³-hybridized carbons (Fsp3) is 0.750. The molecule has 1 rings (SSSR count). The summed E-state index contributed by atoms with van der Waals surface area (Å²) in [6, 6.07) is -1.65. The van der Waals surface area contributed by atoms with Crippen LogP contribution >= 0.6 is 11.6 Å². The largest absolute Gasteiger partial charge is 0.444 e. The van der Waals surface area contributed by atoms with Crippen LogP contribution in [0.2, 0.25) is 0 Å². The number of alkyl carbamates (subject to hydrolysis) is 1. The summed E-state index contributed by atoms with van der Waals surface area (Å²) < 4.78 is 5.18. The zero-order valence-electron chi connectivity index (χ0n) is 15.3. The van der Waals surface area contributed by atoms with Gasteiger partial charge in [0.25, 0.3) is 0 Å². The number of nitrogens with zero attached hydrogens (tertiary/aromatic N) is 1. The third-order valence-electron chi connectivity index (χ3n) is 3.73. The van der Waals surface area contributed by atoms with Crippen LogP contribution in [0.5, 0.6) is 0 Å². The average Bonchev–Trinajstić information content (AvgIpc) is 3.01. The first-order chi connectivity index (χ1) is 12.0. The van der Waals surface area contributed by atoms with Gasteiger partial charge in [-0.05, 0) is 40.0 Å². The molecule has 0 bridgehead atoms. The van der Waals surface area contributed by atoms with E-state index in [2.05, 4.69) is 10.6 Å². The number of likely N-dealkylation sites (tertiary alicyclic amines) is 1. The number of hydrogen-bond acceptors (Lipinski definition) is 5. The van der Waals surface area contributed by atoms with Crippen LogP contribution in [0.3, 0.4) is 0 Å². The van der Waals surface area contributed by atoms with Crippen molar-refractivity contribution in [2.45, 2.75) is 57.7 Å². The number of nitrogens with two attached hydrogens (primary N) is 1. The zero-order chi connectivity index (χ0) is 19.9. The van der Waals surface area contributed by atoms with Gasteiger partial charge in [-0.25, -0.2) is 4.79 Å². The van der Waals surface area contributed by atoms with Crippen LogP contribution < -0.4 is 16.4 Å². The van der Waals surface area contributed by atoms with Crippen LogP contribution in [-0.2, 0) is 19.1 Å². The molecular weight excluding hydrogens is 364 g/mol. The number of nitrogens with one attached hydrogen (secondary N) is 2. The number of rotatable bonds is 7. The fourth-order valence-electron chi connectivity index (χ4n) is 2.64. The second kappa shape index (κ2) is 9.61. The van der Waals surface area contributed by atoms with Crippen molar-refractivity contribution in [1.29, 1.82) is 0 Å². The molecule has 2 unspecified atom stereocenters. The van der Waals surface area contributed by atoms with Crippen LogP contribution in [-0.4, -0.2) is 65.4 Å². The van der Waals surface area contributed by atoms with Crippen LogP contribution in [0, 0.1) is 0 Å². The molecule has 2 atom stereocenters. The van der Waals surface area contributed by atoms with Gasteiger partial charge >= 0.3 is 6.09 Å². The minimum Gasteiger partial charge on any atom is -0.444 e. The van der Waals surface area contributed by atoms with Gasteiger partial charge in [0.2, 0.25) is 17.7 Å². The standard InChI is InChI=1S/C16H27ClN4O5/c1-16(2,3)26-15(25)20-10(6-7-19-12(22)9-17)14(24)21-8-4-5-11(21)13(18)23/h10-11H,4-9H2,1-3H3,(H2,18,23)(H,19,22)(H,20,25). The molecule has 0 spiro atoms.